The molecule has 8 aliphatic rings. The van der Waals surface area contributed by atoms with Crippen molar-refractivity contribution in [3.8, 4) is 45.5 Å². The number of aromatic nitrogens is 1. The number of nitrogens with zero attached hydrogens (tertiary/aromatic N) is 3. The number of nitriles is 2. The molecule has 0 saturated heterocycles. The first-order chi connectivity index (χ1) is 33.0. The van der Waals surface area contributed by atoms with Crippen LogP contribution < -0.4 is 0 Å². The quantitative estimate of drug-likeness (QED) is 0.178. The van der Waals surface area contributed by atoms with Crippen molar-refractivity contribution in [1.29, 1.82) is 10.5 Å². The number of furan rings is 1. The molecular formula is C63H47N3O. The lowest BCUT2D eigenvalue weighted by atomic mass is 9.56. The minimum atomic E-state index is 0.435. The summed E-state index contributed by atoms with van der Waals surface area (Å²) in [6, 6.07) is 48.2. The Labute approximate surface area is 388 Å². The number of rotatable bonds is 3. The van der Waals surface area contributed by atoms with E-state index in [-0.39, 0.29) is 0 Å². The van der Waals surface area contributed by atoms with Crippen molar-refractivity contribution < 1.29 is 4.42 Å². The summed E-state index contributed by atoms with van der Waals surface area (Å²) in [5.74, 6) is 4.87. The normalized spacial score (nSPS) is 28.3. The van der Waals surface area contributed by atoms with Gasteiger partial charge in [-0.1, -0.05) is 78.9 Å². The molecular weight excluding hydrogens is 815 g/mol. The number of hydrogen-bond acceptors (Lipinski definition) is 3. The van der Waals surface area contributed by atoms with Gasteiger partial charge in [0.05, 0.1) is 39.8 Å². The van der Waals surface area contributed by atoms with Crippen LogP contribution in [-0.4, -0.2) is 4.40 Å². The fourth-order valence-corrected chi connectivity index (χ4v) is 17.8. The van der Waals surface area contributed by atoms with E-state index < -0.39 is 0 Å². The van der Waals surface area contributed by atoms with E-state index in [0.717, 1.165) is 84.5 Å². The highest BCUT2D eigenvalue weighted by atomic mass is 16.3. The maximum atomic E-state index is 11.3. The average Bonchev–Trinajstić information content (AvgIpc) is 4.10. The van der Waals surface area contributed by atoms with Crippen molar-refractivity contribution in [2.24, 2.45) is 29.1 Å². The molecule has 8 aliphatic carbocycles. The highest BCUT2D eigenvalue weighted by molar-refractivity contribution is 6.28. The first-order valence-electron chi connectivity index (χ1n) is 25.3. The number of fused-ring (bicyclic) bond motifs is 15. The van der Waals surface area contributed by atoms with E-state index in [1.165, 1.54) is 130 Å². The van der Waals surface area contributed by atoms with E-state index in [4.69, 9.17) is 4.42 Å². The lowest BCUT2D eigenvalue weighted by Gasteiger charge is -2.48. The van der Waals surface area contributed by atoms with Crippen LogP contribution in [0.4, 0.5) is 0 Å². The molecule has 3 heterocycles. The molecule has 0 radical (unpaired) electrons. The van der Waals surface area contributed by atoms with Crippen LogP contribution in [0.1, 0.15) is 121 Å². The monoisotopic (exact) mass is 861 g/mol. The summed E-state index contributed by atoms with van der Waals surface area (Å²) in [6.45, 7) is 0. The second-order valence-corrected chi connectivity index (χ2v) is 22.6. The van der Waals surface area contributed by atoms with Crippen molar-refractivity contribution >= 4 is 60.0 Å². The molecule has 10 aromatic rings. The van der Waals surface area contributed by atoms with Crippen LogP contribution in [0.5, 0.6) is 0 Å². The molecule has 0 aliphatic heterocycles. The molecule has 1 spiro atoms. The first kappa shape index (κ1) is 36.3. The van der Waals surface area contributed by atoms with E-state index in [1.807, 2.05) is 0 Å². The van der Waals surface area contributed by atoms with Gasteiger partial charge in [-0.25, -0.2) is 0 Å². The topological polar surface area (TPSA) is 65.1 Å². The Bertz CT molecular complexity index is 3960. The van der Waals surface area contributed by atoms with E-state index >= 15 is 0 Å². The minimum Gasteiger partial charge on any atom is -0.455 e. The standard InChI is InChI=1S/C63H47N3O/c64-30-41-24-50-59(56-37-18-32-15-33(19-37)17-36(16-32)53(41)56)48-22-38(23-49-60-51(66(50)61(48)49)25-42(31-65)54-39-20-43-26-44-21-40(57(54)60)29-63(43,44)28-39)55-46(34-9-3-1-4-10-34)27-47(35-11-5-2-6-12-35)58-45-13-7-8-14-52(45)67-62(55)58/h1-14,22-25,27,32-33,36-37,39-40,43-44H,15-21,26,28-29H2. The van der Waals surface area contributed by atoms with Gasteiger partial charge in [0.1, 0.15) is 11.2 Å². The predicted octanol–water partition coefficient (Wildman–Crippen LogP) is 16.3. The fourth-order valence-electron chi connectivity index (χ4n) is 17.8. The zero-order valence-corrected chi connectivity index (χ0v) is 37.4. The van der Waals surface area contributed by atoms with Crippen molar-refractivity contribution in [1.82, 2.24) is 4.40 Å². The summed E-state index contributed by atoms with van der Waals surface area (Å²) in [5, 5.41) is 30.0. The van der Waals surface area contributed by atoms with Gasteiger partial charge in [-0.3, -0.25) is 0 Å². The van der Waals surface area contributed by atoms with Crippen molar-refractivity contribution in [2.45, 2.75) is 87.9 Å². The summed E-state index contributed by atoms with van der Waals surface area (Å²) in [6.07, 6.45) is 12.6. The van der Waals surface area contributed by atoms with Crippen LogP contribution in [0.2, 0.25) is 0 Å². The molecule has 0 amide bonds. The number of para-hydroxylation sites is 1. The highest BCUT2D eigenvalue weighted by Gasteiger charge is 2.66. The van der Waals surface area contributed by atoms with Crippen molar-refractivity contribution in [2.75, 3.05) is 0 Å². The molecule has 3 aromatic heterocycles. The van der Waals surface area contributed by atoms with Crippen LogP contribution in [0, 0.1) is 51.7 Å². The molecule has 0 N–H and O–H groups in total. The van der Waals surface area contributed by atoms with Crippen LogP contribution in [0.15, 0.2) is 120 Å². The van der Waals surface area contributed by atoms with Gasteiger partial charge in [0.2, 0.25) is 0 Å². The van der Waals surface area contributed by atoms with Gasteiger partial charge in [0.15, 0.2) is 0 Å². The zero-order valence-electron chi connectivity index (χ0n) is 37.4. The lowest BCUT2D eigenvalue weighted by Crippen LogP contribution is -2.41. The van der Waals surface area contributed by atoms with Gasteiger partial charge in [-0.15, -0.1) is 0 Å². The third kappa shape index (κ3) is 4.37. The summed E-state index contributed by atoms with van der Waals surface area (Å²) in [5.41, 5.74) is 20.3. The Morgan fingerprint density at radius 1 is 0.493 bits per heavy atom. The molecule has 4 nitrogen and oxygen atoms in total. The Hall–Kier alpha value is -6.88. The Morgan fingerprint density at radius 2 is 1.04 bits per heavy atom. The molecule has 18 rings (SSSR count). The van der Waals surface area contributed by atoms with Gasteiger partial charge in [-0.2, -0.15) is 10.5 Å². The highest BCUT2D eigenvalue weighted by Crippen LogP contribution is 2.77. The molecule has 5 saturated carbocycles. The van der Waals surface area contributed by atoms with Crippen LogP contribution >= 0.6 is 0 Å². The summed E-state index contributed by atoms with van der Waals surface area (Å²) in [4.78, 5) is 0. The molecule has 7 bridgehead atoms. The fraction of sp³-hybridized carbons (Fsp3) is 0.302. The second-order valence-electron chi connectivity index (χ2n) is 22.6. The SMILES string of the molecule is N#Cc1cc2c(c3c1C1CC4CC(C1)CC3C4)c1cc(-c3c(-c4ccccc4)cc(-c4ccccc4)c4c3oc3ccccc34)cc3c4c5c(c(C#N)cc4n2c13)C1CC2CC3CC5CC23C1. The Kier molecular flexibility index (Phi) is 6.69. The van der Waals surface area contributed by atoms with E-state index in [2.05, 4.69) is 132 Å². The Morgan fingerprint density at radius 3 is 1.69 bits per heavy atom. The van der Waals surface area contributed by atoms with Crippen molar-refractivity contribution in [3.63, 3.8) is 0 Å². The largest absolute Gasteiger partial charge is 0.455 e. The van der Waals surface area contributed by atoms with Gasteiger partial charge in [0, 0.05) is 37.9 Å². The third-order valence-electron chi connectivity index (χ3n) is 19.8. The average molecular weight is 862 g/mol. The number of hydrogen-bond donors (Lipinski definition) is 0. The van der Waals surface area contributed by atoms with Gasteiger partial charge < -0.3 is 8.82 Å². The summed E-state index contributed by atoms with van der Waals surface area (Å²) < 4.78 is 9.81. The van der Waals surface area contributed by atoms with E-state index in [9.17, 15) is 10.5 Å². The maximum Gasteiger partial charge on any atom is 0.144 e. The maximum absolute atomic E-state index is 11.3. The summed E-state index contributed by atoms with van der Waals surface area (Å²) in [7, 11) is 0. The molecule has 7 aromatic carbocycles. The second kappa shape index (κ2) is 12.4. The molecule has 7 atom stereocenters. The van der Waals surface area contributed by atoms with E-state index in [1.54, 1.807) is 0 Å². The van der Waals surface area contributed by atoms with Crippen LogP contribution in [-0.2, 0) is 0 Å². The third-order valence-corrected chi connectivity index (χ3v) is 19.8. The minimum absolute atomic E-state index is 0.435. The molecule has 67 heavy (non-hydrogen) atoms. The smallest absolute Gasteiger partial charge is 0.144 e. The van der Waals surface area contributed by atoms with Gasteiger partial charge in [-0.05, 0) is 203 Å². The molecule has 4 heteroatoms. The first-order valence-corrected chi connectivity index (χ1v) is 25.3. The van der Waals surface area contributed by atoms with Crippen LogP contribution in [0.3, 0.4) is 0 Å². The van der Waals surface area contributed by atoms with Crippen LogP contribution in [0.25, 0.3) is 93.4 Å². The number of benzene rings is 7. The molecule has 7 unspecified atom stereocenters. The van der Waals surface area contributed by atoms with Crippen molar-refractivity contribution in [3.05, 3.63) is 149 Å². The lowest BCUT2D eigenvalue weighted by molar-refractivity contribution is 0.00322. The van der Waals surface area contributed by atoms with Gasteiger partial charge in [0.25, 0.3) is 0 Å². The van der Waals surface area contributed by atoms with Gasteiger partial charge >= 0.3 is 0 Å². The van der Waals surface area contributed by atoms with E-state index in [0.29, 0.717) is 29.1 Å². The predicted molar refractivity (Wildman–Crippen MR) is 268 cm³/mol. The molecule has 5 fully saturated rings. The summed E-state index contributed by atoms with van der Waals surface area (Å²) >= 11 is 0. The Balaban J connectivity index is 1.08. The molecule has 320 valence electrons. The zero-order chi connectivity index (χ0) is 43.6.